The Morgan fingerprint density at radius 2 is 2.39 bits per heavy atom. The molecule has 1 aliphatic rings. The summed E-state index contributed by atoms with van der Waals surface area (Å²) in [6.45, 7) is 1.63. The van der Waals surface area contributed by atoms with Crippen LogP contribution in [0.2, 0.25) is 5.02 Å². The van der Waals surface area contributed by atoms with Crippen molar-refractivity contribution in [2.45, 2.75) is 24.6 Å². The summed E-state index contributed by atoms with van der Waals surface area (Å²) in [5.74, 6) is 1.25. The van der Waals surface area contributed by atoms with Crippen molar-refractivity contribution in [3.05, 3.63) is 38.9 Å². The first-order valence-corrected chi connectivity index (χ1v) is 7.34. The van der Waals surface area contributed by atoms with E-state index in [1.807, 2.05) is 11.8 Å². The molecule has 1 N–H and O–H groups in total. The Morgan fingerprint density at radius 1 is 1.56 bits per heavy atom. The zero-order chi connectivity index (χ0) is 13.0. The molecule has 0 aliphatic carbocycles. The molecule has 1 aromatic rings. The van der Waals surface area contributed by atoms with Crippen LogP contribution in [0.5, 0.6) is 0 Å². The lowest BCUT2D eigenvalue weighted by Crippen LogP contribution is -2.22. The highest BCUT2D eigenvalue weighted by atomic mass is 35.5. The van der Waals surface area contributed by atoms with Gasteiger partial charge in [-0.2, -0.15) is 11.8 Å². The summed E-state index contributed by atoms with van der Waals surface area (Å²) in [7, 11) is 0. The molecule has 6 heteroatoms. The van der Waals surface area contributed by atoms with E-state index in [2.05, 4.69) is 5.32 Å². The molecule has 0 saturated carbocycles. The third-order valence-corrected chi connectivity index (χ3v) is 4.71. The van der Waals surface area contributed by atoms with Gasteiger partial charge in [0.2, 0.25) is 0 Å². The maximum Gasteiger partial charge on any atom is 0.270 e. The van der Waals surface area contributed by atoms with E-state index in [1.54, 1.807) is 6.07 Å². The molecule has 1 unspecified atom stereocenters. The van der Waals surface area contributed by atoms with E-state index < -0.39 is 4.92 Å². The van der Waals surface area contributed by atoms with Crippen molar-refractivity contribution >= 4 is 29.1 Å². The standard InChI is InChI=1S/C12H15ClN2O2S/c13-12-6-10(15(16)17)4-3-9(12)7-14-8-11-2-1-5-18-11/h3-4,6,11,14H,1-2,5,7-8H2. The van der Waals surface area contributed by atoms with Crippen molar-refractivity contribution in [1.29, 1.82) is 0 Å². The Labute approximate surface area is 115 Å². The van der Waals surface area contributed by atoms with Gasteiger partial charge in [-0.05, 0) is 30.2 Å². The number of non-ortho nitro benzene ring substituents is 1. The van der Waals surface area contributed by atoms with Gasteiger partial charge in [0.25, 0.3) is 5.69 Å². The van der Waals surface area contributed by atoms with E-state index in [9.17, 15) is 10.1 Å². The third-order valence-electron chi connectivity index (χ3n) is 2.96. The van der Waals surface area contributed by atoms with Crippen LogP contribution in [-0.4, -0.2) is 22.5 Å². The maximum atomic E-state index is 10.6. The number of halogens is 1. The molecular weight excluding hydrogens is 272 g/mol. The summed E-state index contributed by atoms with van der Waals surface area (Å²) >= 11 is 8.02. The second-order valence-corrected chi connectivity index (χ2v) is 6.11. The Balaban J connectivity index is 1.87. The zero-order valence-corrected chi connectivity index (χ0v) is 11.5. The van der Waals surface area contributed by atoms with Gasteiger partial charge < -0.3 is 5.32 Å². The lowest BCUT2D eigenvalue weighted by atomic mass is 10.2. The van der Waals surface area contributed by atoms with Gasteiger partial charge in [-0.3, -0.25) is 10.1 Å². The largest absolute Gasteiger partial charge is 0.312 e. The minimum Gasteiger partial charge on any atom is -0.312 e. The molecule has 1 aliphatic heterocycles. The molecule has 2 rings (SSSR count). The van der Waals surface area contributed by atoms with Gasteiger partial charge in [0.1, 0.15) is 0 Å². The summed E-state index contributed by atoms with van der Waals surface area (Å²) < 4.78 is 0. The topological polar surface area (TPSA) is 55.2 Å². The van der Waals surface area contributed by atoms with E-state index in [0.29, 0.717) is 16.8 Å². The van der Waals surface area contributed by atoms with Crippen molar-refractivity contribution in [3.8, 4) is 0 Å². The quantitative estimate of drug-likeness (QED) is 0.667. The molecule has 4 nitrogen and oxygen atoms in total. The Bertz CT molecular complexity index is 436. The van der Waals surface area contributed by atoms with Gasteiger partial charge in [0.15, 0.2) is 0 Å². The molecule has 1 aromatic carbocycles. The average molecular weight is 287 g/mol. The van der Waals surface area contributed by atoms with Crippen LogP contribution in [-0.2, 0) is 6.54 Å². The number of hydrogen-bond donors (Lipinski definition) is 1. The normalized spacial score (nSPS) is 19.1. The minimum absolute atomic E-state index is 0.0371. The van der Waals surface area contributed by atoms with E-state index in [4.69, 9.17) is 11.6 Å². The average Bonchev–Trinajstić information content (AvgIpc) is 2.84. The van der Waals surface area contributed by atoms with E-state index >= 15 is 0 Å². The number of nitro groups is 1. The Kier molecular flexibility index (Phi) is 4.86. The molecule has 0 spiro atoms. The molecule has 0 amide bonds. The third kappa shape index (κ3) is 3.60. The molecule has 98 valence electrons. The number of nitro benzene ring substituents is 1. The molecule has 0 radical (unpaired) electrons. The number of thioether (sulfide) groups is 1. The summed E-state index contributed by atoms with van der Waals surface area (Å²) in [4.78, 5) is 10.1. The molecule has 1 atom stereocenters. The van der Waals surface area contributed by atoms with Crippen LogP contribution in [0, 0.1) is 10.1 Å². The van der Waals surface area contributed by atoms with Crippen molar-refractivity contribution in [2.24, 2.45) is 0 Å². The number of benzene rings is 1. The summed E-state index contributed by atoms with van der Waals surface area (Å²) in [6.07, 6.45) is 2.57. The Morgan fingerprint density at radius 3 is 3.00 bits per heavy atom. The van der Waals surface area contributed by atoms with E-state index in [-0.39, 0.29) is 5.69 Å². The van der Waals surface area contributed by atoms with Crippen molar-refractivity contribution in [1.82, 2.24) is 5.32 Å². The van der Waals surface area contributed by atoms with Crippen LogP contribution in [0.1, 0.15) is 18.4 Å². The minimum atomic E-state index is -0.432. The monoisotopic (exact) mass is 286 g/mol. The molecule has 0 bridgehead atoms. The van der Waals surface area contributed by atoms with Gasteiger partial charge in [-0.25, -0.2) is 0 Å². The fourth-order valence-corrected chi connectivity index (χ4v) is 3.44. The van der Waals surface area contributed by atoms with Gasteiger partial charge in [0, 0.05) is 30.5 Å². The highest BCUT2D eigenvalue weighted by Crippen LogP contribution is 2.26. The Hall–Kier alpha value is -0.780. The molecule has 0 aromatic heterocycles. The van der Waals surface area contributed by atoms with Gasteiger partial charge in [-0.15, -0.1) is 0 Å². The van der Waals surface area contributed by atoms with Crippen LogP contribution in [0.15, 0.2) is 18.2 Å². The van der Waals surface area contributed by atoms with Crippen LogP contribution >= 0.6 is 23.4 Å². The van der Waals surface area contributed by atoms with Crippen LogP contribution in [0.4, 0.5) is 5.69 Å². The first kappa shape index (κ1) is 13.6. The predicted octanol–water partition coefficient (Wildman–Crippen LogP) is 3.23. The summed E-state index contributed by atoms with van der Waals surface area (Å²) in [6, 6.07) is 4.62. The van der Waals surface area contributed by atoms with E-state index in [0.717, 1.165) is 12.1 Å². The molecule has 1 fully saturated rings. The van der Waals surface area contributed by atoms with Crippen LogP contribution < -0.4 is 5.32 Å². The van der Waals surface area contributed by atoms with Crippen molar-refractivity contribution in [3.63, 3.8) is 0 Å². The lowest BCUT2D eigenvalue weighted by Gasteiger charge is -2.10. The number of hydrogen-bond acceptors (Lipinski definition) is 4. The zero-order valence-electron chi connectivity index (χ0n) is 9.89. The number of rotatable bonds is 5. The lowest BCUT2D eigenvalue weighted by molar-refractivity contribution is -0.384. The van der Waals surface area contributed by atoms with Gasteiger partial charge in [0.05, 0.1) is 9.95 Å². The van der Waals surface area contributed by atoms with Crippen LogP contribution in [0.25, 0.3) is 0 Å². The van der Waals surface area contributed by atoms with Gasteiger partial charge in [-0.1, -0.05) is 11.6 Å². The molecule has 1 heterocycles. The highest BCUT2D eigenvalue weighted by Gasteiger charge is 2.15. The fourth-order valence-electron chi connectivity index (χ4n) is 1.97. The highest BCUT2D eigenvalue weighted by molar-refractivity contribution is 8.00. The van der Waals surface area contributed by atoms with E-state index in [1.165, 1.54) is 30.7 Å². The van der Waals surface area contributed by atoms with Crippen molar-refractivity contribution < 1.29 is 4.92 Å². The predicted molar refractivity (Wildman–Crippen MR) is 75.3 cm³/mol. The second kappa shape index (κ2) is 6.41. The molecule has 1 saturated heterocycles. The molecule has 18 heavy (non-hydrogen) atoms. The fraction of sp³-hybridized carbons (Fsp3) is 0.500. The first-order chi connectivity index (χ1) is 8.66. The SMILES string of the molecule is O=[N+]([O-])c1ccc(CNCC2CCCS2)c(Cl)c1. The first-order valence-electron chi connectivity index (χ1n) is 5.92. The molecular formula is C12H15ClN2O2S. The smallest absolute Gasteiger partial charge is 0.270 e. The number of nitrogens with one attached hydrogen (secondary N) is 1. The summed E-state index contributed by atoms with van der Waals surface area (Å²) in [5, 5.41) is 15.1. The second-order valence-electron chi connectivity index (χ2n) is 4.30. The van der Waals surface area contributed by atoms with Gasteiger partial charge >= 0.3 is 0 Å². The van der Waals surface area contributed by atoms with Crippen molar-refractivity contribution in [2.75, 3.05) is 12.3 Å². The summed E-state index contributed by atoms with van der Waals surface area (Å²) in [5.41, 5.74) is 0.945. The van der Waals surface area contributed by atoms with Crippen LogP contribution in [0.3, 0.4) is 0 Å². The maximum absolute atomic E-state index is 10.6. The number of nitrogens with zero attached hydrogens (tertiary/aromatic N) is 1.